The second-order valence-electron chi connectivity index (χ2n) is 3.35. The normalized spacial score (nSPS) is 16.2. The van der Waals surface area contributed by atoms with Crippen LogP contribution in [0.5, 0.6) is 0 Å². The Labute approximate surface area is 105 Å². The molecule has 0 spiro atoms. The molecule has 1 aromatic carbocycles. The number of urea groups is 1. The minimum absolute atomic E-state index is 0.192. The molecule has 1 saturated heterocycles. The summed E-state index contributed by atoms with van der Waals surface area (Å²) in [6.45, 7) is 0.210. The standard InChI is InChI=1S/C10H8FIN2O2/c11-7-5-6(12)1-2-8(7)14-4-3-9(15)13-10(14)16/h1-2,5H,3-4H2,(H,13,15,16). The molecule has 6 heteroatoms. The fraction of sp³-hybridized carbons (Fsp3) is 0.200. The number of nitrogens with one attached hydrogen (secondary N) is 1. The number of benzene rings is 1. The molecule has 0 saturated carbocycles. The lowest BCUT2D eigenvalue weighted by Crippen LogP contribution is -2.49. The van der Waals surface area contributed by atoms with Crippen molar-refractivity contribution in [1.82, 2.24) is 5.32 Å². The minimum atomic E-state index is -0.573. The number of amides is 3. The lowest BCUT2D eigenvalue weighted by atomic mass is 10.2. The third-order valence-electron chi connectivity index (χ3n) is 2.25. The molecule has 0 atom stereocenters. The van der Waals surface area contributed by atoms with Gasteiger partial charge in [0, 0.05) is 16.5 Å². The number of carbonyl (C=O) groups excluding carboxylic acids is 2. The third kappa shape index (κ3) is 2.16. The Kier molecular flexibility index (Phi) is 3.08. The Bertz CT molecular complexity index is 464. The predicted molar refractivity (Wildman–Crippen MR) is 64.6 cm³/mol. The van der Waals surface area contributed by atoms with E-state index in [9.17, 15) is 14.0 Å². The summed E-state index contributed by atoms with van der Waals surface area (Å²) in [5.74, 6) is -0.788. The zero-order chi connectivity index (χ0) is 11.7. The first kappa shape index (κ1) is 11.3. The monoisotopic (exact) mass is 334 g/mol. The molecule has 1 aliphatic heterocycles. The van der Waals surface area contributed by atoms with Crippen LogP contribution in [-0.2, 0) is 4.79 Å². The van der Waals surface area contributed by atoms with Gasteiger partial charge in [-0.05, 0) is 40.8 Å². The summed E-state index contributed by atoms with van der Waals surface area (Å²) in [6.07, 6.45) is 0.192. The Morgan fingerprint density at radius 2 is 2.12 bits per heavy atom. The molecule has 0 aliphatic carbocycles. The van der Waals surface area contributed by atoms with Crippen molar-refractivity contribution in [2.24, 2.45) is 0 Å². The van der Waals surface area contributed by atoms with Crippen molar-refractivity contribution in [3.63, 3.8) is 0 Å². The molecule has 1 heterocycles. The molecule has 2 rings (SSSR count). The Morgan fingerprint density at radius 3 is 2.75 bits per heavy atom. The fourth-order valence-corrected chi connectivity index (χ4v) is 1.95. The van der Waals surface area contributed by atoms with Crippen LogP contribution in [0.3, 0.4) is 0 Å². The quantitative estimate of drug-likeness (QED) is 0.798. The van der Waals surface area contributed by atoms with Gasteiger partial charge in [-0.15, -0.1) is 0 Å². The number of imide groups is 1. The maximum atomic E-state index is 13.6. The summed E-state index contributed by atoms with van der Waals surface area (Å²) in [5, 5.41) is 2.15. The van der Waals surface area contributed by atoms with Gasteiger partial charge >= 0.3 is 6.03 Å². The Morgan fingerprint density at radius 1 is 1.38 bits per heavy atom. The smallest absolute Gasteiger partial charge is 0.291 e. The molecular weight excluding hydrogens is 326 g/mol. The fourth-order valence-electron chi connectivity index (χ4n) is 1.49. The van der Waals surface area contributed by atoms with Crippen LogP contribution in [0, 0.1) is 9.39 Å². The topological polar surface area (TPSA) is 49.4 Å². The predicted octanol–water partition coefficient (Wildman–Crippen LogP) is 1.88. The van der Waals surface area contributed by atoms with E-state index in [1.54, 1.807) is 6.07 Å². The number of halogens is 2. The molecule has 1 aliphatic rings. The summed E-state index contributed by atoms with van der Waals surface area (Å²) in [4.78, 5) is 23.6. The largest absolute Gasteiger partial charge is 0.328 e. The van der Waals surface area contributed by atoms with E-state index < -0.39 is 11.8 Å². The number of hydrogen-bond donors (Lipinski definition) is 1. The first-order valence-electron chi connectivity index (χ1n) is 4.64. The van der Waals surface area contributed by atoms with Crippen molar-refractivity contribution in [2.45, 2.75) is 6.42 Å². The van der Waals surface area contributed by atoms with E-state index in [4.69, 9.17) is 0 Å². The number of carbonyl (C=O) groups is 2. The van der Waals surface area contributed by atoms with Gasteiger partial charge in [0.25, 0.3) is 0 Å². The van der Waals surface area contributed by atoms with Crippen molar-refractivity contribution in [3.8, 4) is 0 Å². The van der Waals surface area contributed by atoms with Gasteiger partial charge in [0.2, 0.25) is 5.91 Å². The van der Waals surface area contributed by atoms with Crippen LogP contribution in [0.4, 0.5) is 14.9 Å². The maximum Gasteiger partial charge on any atom is 0.328 e. The van der Waals surface area contributed by atoms with E-state index in [2.05, 4.69) is 5.32 Å². The van der Waals surface area contributed by atoms with Crippen molar-refractivity contribution in [1.29, 1.82) is 0 Å². The molecule has 1 aromatic rings. The highest BCUT2D eigenvalue weighted by Crippen LogP contribution is 2.22. The third-order valence-corrected chi connectivity index (χ3v) is 2.93. The summed E-state index contributed by atoms with van der Waals surface area (Å²) in [5.41, 5.74) is 0.199. The number of nitrogens with zero attached hydrogens (tertiary/aromatic N) is 1. The van der Waals surface area contributed by atoms with Gasteiger partial charge in [0.15, 0.2) is 0 Å². The second-order valence-corrected chi connectivity index (χ2v) is 4.60. The molecule has 0 bridgehead atoms. The zero-order valence-corrected chi connectivity index (χ0v) is 10.3. The van der Waals surface area contributed by atoms with Crippen LogP contribution < -0.4 is 10.2 Å². The van der Waals surface area contributed by atoms with E-state index in [1.165, 1.54) is 17.0 Å². The van der Waals surface area contributed by atoms with Crippen LogP contribution in [0.2, 0.25) is 0 Å². The summed E-state index contributed by atoms with van der Waals surface area (Å²) >= 11 is 1.99. The highest BCUT2D eigenvalue weighted by Gasteiger charge is 2.25. The van der Waals surface area contributed by atoms with Crippen LogP contribution in [0.25, 0.3) is 0 Å². The molecule has 3 amide bonds. The minimum Gasteiger partial charge on any atom is -0.291 e. The molecule has 1 N–H and O–H groups in total. The zero-order valence-electron chi connectivity index (χ0n) is 8.17. The van der Waals surface area contributed by atoms with Crippen LogP contribution in [0.15, 0.2) is 18.2 Å². The molecule has 0 radical (unpaired) electrons. The van der Waals surface area contributed by atoms with Crippen molar-refractivity contribution in [3.05, 3.63) is 27.6 Å². The van der Waals surface area contributed by atoms with Gasteiger partial charge in [0.1, 0.15) is 5.82 Å². The van der Waals surface area contributed by atoms with Crippen molar-refractivity contribution >= 4 is 40.2 Å². The van der Waals surface area contributed by atoms with E-state index >= 15 is 0 Å². The molecule has 4 nitrogen and oxygen atoms in total. The molecule has 1 fully saturated rings. The number of anilines is 1. The SMILES string of the molecule is O=C1CCN(c2ccc(I)cc2F)C(=O)N1. The lowest BCUT2D eigenvalue weighted by molar-refractivity contribution is -0.120. The van der Waals surface area contributed by atoms with Gasteiger partial charge in [0.05, 0.1) is 5.69 Å². The molecule has 0 aromatic heterocycles. The van der Waals surface area contributed by atoms with Crippen molar-refractivity contribution in [2.75, 3.05) is 11.4 Å². The maximum absolute atomic E-state index is 13.6. The van der Waals surface area contributed by atoms with Crippen LogP contribution in [0.1, 0.15) is 6.42 Å². The average Bonchev–Trinajstić information content (AvgIpc) is 2.19. The van der Waals surface area contributed by atoms with Crippen molar-refractivity contribution < 1.29 is 14.0 Å². The highest BCUT2D eigenvalue weighted by molar-refractivity contribution is 14.1. The lowest BCUT2D eigenvalue weighted by Gasteiger charge is -2.26. The Balaban J connectivity index is 2.30. The second kappa shape index (κ2) is 4.36. The number of hydrogen-bond acceptors (Lipinski definition) is 2. The first-order valence-corrected chi connectivity index (χ1v) is 5.72. The molecule has 0 unspecified atom stereocenters. The van der Waals surface area contributed by atoms with Gasteiger partial charge in [-0.2, -0.15) is 0 Å². The first-order chi connectivity index (χ1) is 7.58. The van der Waals surface area contributed by atoms with Crippen LogP contribution >= 0.6 is 22.6 Å². The average molecular weight is 334 g/mol. The summed E-state index contributed by atoms with van der Waals surface area (Å²) in [6, 6.07) is 4.02. The molecule has 84 valence electrons. The highest BCUT2D eigenvalue weighted by atomic mass is 127. The van der Waals surface area contributed by atoms with Crippen LogP contribution in [-0.4, -0.2) is 18.5 Å². The summed E-state index contributed by atoms with van der Waals surface area (Å²) < 4.78 is 14.4. The van der Waals surface area contributed by atoms with Gasteiger partial charge in [-0.1, -0.05) is 0 Å². The van der Waals surface area contributed by atoms with Gasteiger partial charge in [-0.25, -0.2) is 9.18 Å². The van der Waals surface area contributed by atoms with E-state index in [1.807, 2.05) is 22.6 Å². The summed E-state index contributed by atoms with van der Waals surface area (Å²) in [7, 11) is 0. The number of rotatable bonds is 1. The molecular formula is C10H8FIN2O2. The van der Waals surface area contributed by atoms with Gasteiger partial charge < -0.3 is 0 Å². The van der Waals surface area contributed by atoms with E-state index in [-0.39, 0.29) is 24.6 Å². The van der Waals surface area contributed by atoms with E-state index in [0.717, 1.165) is 3.57 Å². The molecule has 16 heavy (non-hydrogen) atoms. The van der Waals surface area contributed by atoms with Gasteiger partial charge in [-0.3, -0.25) is 15.0 Å². The Hall–Kier alpha value is -1.18. The van der Waals surface area contributed by atoms with E-state index in [0.29, 0.717) is 0 Å².